The SMILES string of the molecule is CCC(C)[C@H](C(=O)N[C@@H](Cc1ccc(F)c(F)c1)C(=O)NCc1cnc2[nH]ccc2c1)N(C)C. The molecule has 3 N–H and O–H groups in total. The second-order valence-corrected chi connectivity index (χ2v) is 8.78. The number of hydrogen-bond donors (Lipinski definition) is 3. The van der Waals surface area contributed by atoms with Crippen LogP contribution in [0.5, 0.6) is 0 Å². The van der Waals surface area contributed by atoms with Crippen molar-refractivity contribution in [2.45, 2.75) is 45.3 Å². The molecule has 2 heterocycles. The first-order valence-electron chi connectivity index (χ1n) is 11.3. The van der Waals surface area contributed by atoms with Crippen molar-refractivity contribution in [3.8, 4) is 0 Å². The number of aromatic amines is 1. The second-order valence-electron chi connectivity index (χ2n) is 8.78. The highest BCUT2D eigenvalue weighted by molar-refractivity contribution is 5.90. The maximum Gasteiger partial charge on any atom is 0.243 e. The first-order chi connectivity index (χ1) is 16.2. The van der Waals surface area contributed by atoms with Gasteiger partial charge >= 0.3 is 0 Å². The van der Waals surface area contributed by atoms with E-state index in [1.165, 1.54) is 6.07 Å². The van der Waals surface area contributed by atoms with Crippen LogP contribution in [0.1, 0.15) is 31.4 Å². The number of rotatable bonds is 10. The largest absolute Gasteiger partial charge is 0.350 e. The van der Waals surface area contributed by atoms with Gasteiger partial charge in [0.1, 0.15) is 11.7 Å². The highest BCUT2D eigenvalue weighted by Crippen LogP contribution is 2.15. The van der Waals surface area contributed by atoms with E-state index in [2.05, 4.69) is 20.6 Å². The van der Waals surface area contributed by atoms with Crippen molar-refractivity contribution in [2.75, 3.05) is 14.1 Å². The molecule has 2 aromatic heterocycles. The zero-order chi connectivity index (χ0) is 24.8. The van der Waals surface area contributed by atoms with E-state index >= 15 is 0 Å². The number of nitrogens with one attached hydrogen (secondary N) is 3. The van der Waals surface area contributed by atoms with Crippen LogP contribution in [0.25, 0.3) is 11.0 Å². The van der Waals surface area contributed by atoms with E-state index < -0.39 is 29.6 Å². The Balaban J connectivity index is 1.77. The van der Waals surface area contributed by atoms with Crippen LogP contribution in [-0.2, 0) is 22.6 Å². The normalized spacial score (nSPS) is 14.1. The fourth-order valence-corrected chi connectivity index (χ4v) is 3.99. The van der Waals surface area contributed by atoms with Gasteiger partial charge in [-0.25, -0.2) is 13.8 Å². The molecular formula is C25H31F2N5O2. The predicted octanol–water partition coefficient (Wildman–Crippen LogP) is 3.16. The molecule has 3 aromatic rings. The van der Waals surface area contributed by atoms with Crippen LogP contribution in [0.2, 0.25) is 0 Å². The van der Waals surface area contributed by atoms with Crippen LogP contribution in [-0.4, -0.2) is 52.9 Å². The van der Waals surface area contributed by atoms with E-state index in [1.807, 2.05) is 45.0 Å². The lowest BCUT2D eigenvalue weighted by atomic mass is 9.96. The molecule has 0 aliphatic carbocycles. The molecule has 2 amide bonds. The lowest BCUT2D eigenvalue weighted by molar-refractivity contribution is -0.132. The van der Waals surface area contributed by atoms with Crippen molar-refractivity contribution < 1.29 is 18.4 Å². The Bertz CT molecular complexity index is 1150. The molecule has 182 valence electrons. The van der Waals surface area contributed by atoms with E-state index in [4.69, 9.17) is 0 Å². The number of carbonyl (C=O) groups excluding carboxylic acids is 2. The number of nitrogens with zero attached hydrogens (tertiary/aromatic N) is 2. The summed E-state index contributed by atoms with van der Waals surface area (Å²) in [7, 11) is 3.62. The van der Waals surface area contributed by atoms with Crippen LogP contribution in [0.4, 0.5) is 8.78 Å². The summed E-state index contributed by atoms with van der Waals surface area (Å²) in [6.07, 6.45) is 4.24. The van der Waals surface area contributed by atoms with Crippen LogP contribution >= 0.6 is 0 Å². The van der Waals surface area contributed by atoms with Gasteiger partial charge in [-0.3, -0.25) is 14.5 Å². The Morgan fingerprint density at radius 3 is 2.53 bits per heavy atom. The molecule has 0 fully saturated rings. The monoisotopic (exact) mass is 471 g/mol. The minimum absolute atomic E-state index is 0.0184. The van der Waals surface area contributed by atoms with Crippen molar-refractivity contribution in [2.24, 2.45) is 5.92 Å². The number of halogens is 2. The van der Waals surface area contributed by atoms with Gasteiger partial charge in [0.15, 0.2) is 11.6 Å². The van der Waals surface area contributed by atoms with Gasteiger partial charge in [-0.1, -0.05) is 26.3 Å². The first-order valence-corrected chi connectivity index (χ1v) is 11.3. The molecule has 0 aliphatic rings. The molecular weight excluding hydrogens is 440 g/mol. The fraction of sp³-hybridized carbons (Fsp3) is 0.400. The minimum Gasteiger partial charge on any atom is -0.350 e. The van der Waals surface area contributed by atoms with Gasteiger partial charge < -0.3 is 15.6 Å². The lowest BCUT2D eigenvalue weighted by Crippen LogP contribution is -2.54. The summed E-state index contributed by atoms with van der Waals surface area (Å²) >= 11 is 0. The fourth-order valence-electron chi connectivity index (χ4n) is 3.99. The average molecular weight is 472 g/mol. The number of likely N-dealkylation sites (N-methyl/N-ethyl adjacent to an activating group) is 1. The van der Waals surface area contributed by atoms with Crippen molar-refractivity contribution in [3.05, 3.63) is 65.5 Å². The van der Waals surface area contributed by atoms with Crippen molar-refractivity contribution in [1.82, 2.24) is 25.5 Å². The maximum absolute atomic E-state index is 13.8. The molecule has 1 aromatic carbocycles. The summed E-state index contributed by atoms with van der Waals surface area (Å²) in [5.41, 5.74) is 1.95. The van der Waals surface area contributed by atoms with Crippen LogP contribution in [0, 0.1) is 17.6 Å². The topological polar surface area (TPSA) is 90.1 Å². The molecule has 34 heavy (non-hydrogen) atoms. The third-order valence-corrected chi connectivity index (χ3v) is 5.99. The number of H-pyrrole nitrogens is 1. The lowest BCUT2D eigenvalue weighted by Gasteiger charge is -2.30. The molecule has 3 atom stereocenters. The van der Waals surface area contributed by atoms with Gasteiger partial charge in [0.2, 0.25) is 11.8 Å². The predicted molar refractivity (Wildman–Crippen MR) is 127 cm³/mol. The molecule has 1 unspecified atom stereocenters. The Morgan fingerprint density at radius 1 is 1.09 bits per heavy atom. The number of aromatic nitrogens is 2. The summed E-state index contributed by atoms with van der Waals surface area (Å²) < 4.78 is 27.2. The molecule has 3 rings (SSSR count). The van der Waals surface area contributed by atoms with E-state index in [0.29, 0.717) is 5.56 Å². The van der Waals surface area contributed by atoms with E-state index in [0.717, 1.165) is 35.2 Å². The molecule has 0 aliphatic heterocycles. The van der Waals surface area contributed by atoms with Gasteiger partial charge in [0.25, 0.3) is 0 Å². The molecule has 0 saturated heterocycles. The van der Waals surface area contributed by atoms with Gasteiger partial charge in [-0.2, -0.15) is 0 Å². The second kappa shape index (κ2) is 11.2. The molecule has 7 nitrogen and oxygen atoms in total. The smallest absolute Gasteiger partial charge is 0.243 e. The zero-order valence-electron chi connectivity index (χ0n) is 19.9. The molecule has 0 saturated carbocycles. The Hall–Kier alpha value is -3.33. The van der Waals surface area contributed by atoms with Gasteiger partial charge in [-0.15, -0.1) is 0 Å². The quantitative estimate of drug-likeness (QED) is 0.424. The van der Waals surface area contributed by atoms with Crippen LogP contribution in [0.15, 0.2) is 42.7 Å². The maximum atomic E-state index is 13.8. The summed E-state index contributed by atoms with van der Waals surface area (Å²) in [6, 6.07) is 5.86. The highest BCUT2D eigenvalue weighted by Gasteiger charge is 2.30. The molecule has 0 spiro atoms. The third-order valence-electron chi connectivity index (χ3n) is 5.99. The number of benzene rings is 1. The Kier molecular flexibility index (Phi) is 8.33. The first kappa shape index (κ1) is 25.3. The Morgan fingerprint density at radius 2 is 1.85 bits per heavy atom. The van der Waals surface area contributed by atoms with E-state index in [-0.39, 0.29) is 24.8 Å². The molecule has 9 heteroatoms. The number of amides is 2. The minimum atomic E-state index is -1.00. The van der Waals surface area contributed by atoms with Crippen molar-refractivity contribution in [3.63, 3.8) is 0 Å². The van der Waals surface area contributed by atoms with E-state index in [1.54, 1.807) is 12.4 Å². The van der Waals surface area contributed by atoms with E-state index in [9.17, 15) is 18.4 Å². The zero-order valence-corrected chi connectivity index (χ0v) is 19.9. The van der Waals surface area contributed by atoms with Gasteiger partial charge in [0.05, 0.1) is 6.04 Å². The van der Waals surface area contributed by atoms with Crippen molar-refractivity contribution >= 4 is 22.8 Å². The summed E-state index contributed by atoms with van der Waals surface area (Å²) in [5.74, 6) is -2.63. The molecule has 0 bridgehead atoms. The van der Waals surface area contributed by atoms with Crippen molar-refractivity contribution in [1.29, 1.82) is 0 Å². The standard InChI is InChI=1S/C25H31F2N5O2/c1-5-15(2)22(32(3)4)25(34)31-21(12-16-6-7-19(26)20(27)11-16)24(33)30-14-17-10-18-8-9-28-23(18)29-13-17/h6-11,13,15,21-22H,5,12,14H2,1-4H3,(H,28,29)(H,30,33)(H,31,34)/t15?,21-,22+/m0/s1. The average Bonchev–Trinajstić information content (AvgIpc) is 3.27. The number of pyridine rings is 1. The third kappa shape index (κ3) is 6.17. The number of hydrogen-bond acceptors (Lipinski definition) is 4. The summed E-state index contributed by atoms with van der Waals surface area (Å²) in [5, 5.41) is 6.58. The highest BCUT2D eigenvalue weighted by atomic mass is 19.2. The molecule has 0 radical (unpaired) electrons. The number of fused-ring (bicyclic) bond motifs is 1. The summed E-state index contributed by atoms with van der Waals surface area (Å²) in [4.78, 5) is 35.4. The Labute approximate surface area is 197 Å². The number of carbonyl (C=O) groups is 2. The van der Waals surface area contributed by atoms with Gasteiger partial charge in [-0.05, 0) is 55.4 Å². The summed E-state index contributed by atoms with van der Waals surface area (Å²) in [6.45, 7) is 4.17. The van der Waals surface area contributed by atoms with Crippen LogP contribution in [0.3, 0.4) is 0 Å². The van der Waals surface area contributed by atoms with Crippen LogP contribution < -0.4 is 10.6 Å². The van der Waals surface area contributed by atoms with Gasteiger partial charge in [0, 0.05) is 30.7 Å².